The minimum absolute atomic E-state index is 0.0464. The van der Waals surface area contributed by atoms with Gasteiger partial charge in [0.15, 0.2) is 5.69 Å². The van der Waals surface area contributed by atoms with Gasteiger partial charge in [-0.15, -0.1) is 0 Å². The monoisotopic (exact) mass is 194 g/mol. The van der Waals surface area contributed by atoms with E-state index in [2.05, 4.69) is 4.98 Å². The van der Waals surface area contributed by atoms with E-state index in [1.807, 2.05) is 0 Å². The summed E-state index contributed by atoms with van der Waals surface area (Å²) in [5.74, 6) is -0.662. The Labute approximate surface area is 80.5 Å². The quantitative estimate of drug-likeness (QED) is 0.746. The molecule has 1 fully saturated rings. The second kappa shape index (κ2) is 3.17. The van der Waals surface area contributed by atoms with Gasteiger partial charge in [0.2, 0.25) is 0 Å². The molecule has 1 saturated carbocycles. The van der Waals surface area contributed by atoms with E-state index in [1.165, 1.54) is 12.3 Å². The lowest BCUT2D eigenvalue weighted by molar-refractivity contribution is 0.0690. The maximum absolute atomic E-state index is 10.6. The molecule has 3 N–H and O–H groups in total. The van der Waals surface area contributed by atoms with Gasteiger partial charge in [0.25, 0.3) is 0 Å². The van der Waals surface area contributed by atoms with Crippen LogP contribution in [0.4, 0.5) is 5.69 Å². The number of nitrogens with two attached hydrogens (primary N) is 1. The molecule has 0 saturated heterocycles. The predicted octanol–water partition coefficient (Wildman–Crippen LogP) is 0.903. The van der Waals surface area contributed by atoms with E-state index in [1.54, 1.807) is 0 Å². The molecule has 1 aromatic heterocycles. The predicted molar refractivity (Wildman–Crippen MR) is 49.3 cm³/mol. The Hall–Kier alpha value is -1.78. The van der Waals surface area contributed by atoms with Crippen LogP contribution < -0.4 is 10.5 Å². The lowest BCUT2D eigenvalue weighted by Gasteiger charge is -2.07. The average molecular weight is 194 g/mol. The van der Waals surface area contributed by atoms with Gasteiger partial charge in [0.1, 0.15) is 5.75 Å². The molecule has 0 bridgehead atoms. The molecule has 0 radical (unpaired) electrons. The summed E-state index contributed by atoms with van der Waals surface area (Å²) in [5.41, 5.74) is 5.92. The maximum atomic E-state index is 10.6. The number of rotatable bonds is 3. The first kappa shape index (κ1) is 8.80. The molecule has 0 amide bonds. The van der Waals surface area contributed by atoms with Gasteiger partial charge in [-0.25, -0.2) is 9.78 Å². The van der Waals surface area contributed by atoms with Gasteiger partial charge in [-0.05, 0) is 12.8 Å². The molecule has 0 unspecified atom stereocenters. The zero-order valence-corrected chi connectivity index (χ0v) is 7.43. The van der Waals surface area contributed by atoms with Crippen molar-refractivity contribution in [1.29, 1.82) is 0 Å². The first-order valence-corrected chi connectivity index (χ1v) is 4.32. The van der Waals surface area contributed by atoms with E-state index in [9.17, 15) is 4.79 Å². The largest absolute Gasteiger partial charge is 0.488 e. The van der Waals surface area contributed by atoms with Gasteiger partial charge in [-0.1, -0.05) is 0 Å². The Morgan fingerprint density at radius 3 is 2.93 bits per heavy atom. The normalized spacial score (nSPS) is 15.1. The number of carbonyl (C=O) groups is 1. The van der Waals surface area contributed by atoms with Crippen molar-refractivity contribution in [3.63, 3.8) is 0 Å². The van der Waals surface area contributed by atoms with Gasteiger partial charge in [-0.3, -0.25) is 0 Å². The number of hydrogen-bond acceptors (Lipinski definition) is 4. The maximum Gasteiger partial charge on any atom is 0.354 e. The summed E-state index contributed by atoms with van der Waals surface area (Å²) in [5, 5.41) is 8.69. The molecule has 74 valence electrons. The van der Waals surface area contributed by atoms with Crippen molar-refractivity contribution in [2.75, 3.05) is 5.73 Å². The fraction of sp³-hybridized carbons (Fsp3) is 0.333. The Balaban J connectivity index is 2.26. The standard InChI is InChI=1S/C9H10N2O3/c10-6-4-11-7(9(12)13)3-8(6)14-5-1-2-5/h3-5H,1-2,10H2,(H,12,13). The van der Waals surface area contributed by atoms with Crippen LogP contribution in [0, 0.1) is 0 Å². The molecule has 0 aromatic carbocycles. The van der Waals surface area contributed by atoms with Gasteiger partial charge < -0.3 is 15.6 Å². The highest BCUT2D eigenvalue weighted by molar-refractivity contribution is 5.86. The molecule has 5 nitrogen and oxygen atoms in total. The third-order valence-electron chi connectivity index (χ3n) is 1.93. The Morgan fingerprint density at radius 2 is 2.36 bits per heavy atom. The van der Waals surface area contributed by atoms with E-state index in [0.717, 1.165) is 12.8 Å². The topological polar surface area (TPSA) is 85.4 Å². The van der Waals surface area contributed by atoms with E-state index in [4.69, 9.17) is 15.6 Å². The summed E-state index contributed by atoms with van der Waals surface area (Å²) < 4.78 is 5.42. The van der Waals surface area contributed by atoms with Crippen LogP contribution in [0.3, 0.4) is 0 Å². The molecule has 0 aliphatic heterocycles. The van der Waals surface area contributed by atoms with Gasteiger partial charge >= 0.3 is 5.97 Å². The molecule has 14 heavy (non-hydrogen) atoms. The number of anilines is 1. The van der Waals surface area contributed by atoms with E-state index in [0.29, 0.717) is 11.4 Å². The summed E-state index contributed by atoms with van der Waals surface area (Å²) in [7, 11) is 0. The van der Waals surface area contributed by atoms with Crippen LogP contribution in [0.5, 0.6) is 5.75 Å². The zero-order chi connectivity index (χ0) is 10.1. The Morgan fingerprint density at radius 1 is 1.64 bits per heavy atom. The number of pyridine rings is 1. The molecule has 2 rings (SSSR count). The summed E-state index contributed by atoms with van der Waals surface area (Å²) in [6.45, 7) is 0. The third kappa shape index (κ3) is 1.76. The van der Waals surface area contributed by atoms with Gasteiger partial charge in [-0.2, -0.15) is 0 Å². The van der Waals surface area contributed by atoms with Crippen molar-refractivity contribution in [2.24, 2.45) is 0 Å². The van der Waals surface area contributed by atoms with Crippen molar-refractivity contribution in [2.45, 2.75) is 18.9 Å². The minimum atomic E-state index is -1.08. The summed E-state index contributed by atoms with van der Waals surface area (Å²) in [6.07, 6.45) is 3.51. The number of ether oxygens (including phenoxy) is 1. The first-order valence-electron chi connectivity index (χ1n) is 4.32. The second-order valence-electron chi connectivity index (χ2n) is 3.23. The van der Waals surface area contributed by atoms with E-state index in [-0.39, 0.29) is 11.8 Å². The molecule has 1 aliphatic carbocycles. The number of hydrogen-bond donors (Lipinski definition) is 2. The van der Waals surface area contributed by atoms with Crippen molar-refractivity contribution in [3.8, 4) is 5.75 Å². The van der Waals surface area contributed by atoms with Gasteiger partial charge in [0.05, 0.1) is 18.0 Å². The van der Waals surface area contributed by atoms with Crippen LogP contribution in [-0.4, -0.2) is 22.2 Å². The zero-order valence-electron chi connectivity index (χ0n) is 7.43. The highest BCUT2D eigenvalue weighted by Gasteiger charge is 2.24. The molecular formula is C9H10N2O3. The summed E-state index contributed by atoms with van der Waals surface area (Å²) in [4.78, 5) is 14.3. The molecule has 1 aromatic rings. The van der Waals surface area contributed by atoms with Crippen LogP contribution >= 0.6 is 0 Å². The van der Waals surface area contributed by atoms with Crippen LogP contribution in [0.25, 0.3) is 0 Å². The number of aromatic carboxylic acids is 1. The van der Waals surface area contributed by atoms with E-state index < -0.39 is 5.97 Å². The number of carboxylic acid groups (broad SMARTS) is 1. The molecule has 5 heteroatoms. The molecule has 0 spiro atoms. The second-order valence-corrected chi connectivity index (χ2v) is 3.23. The number of carboxylic acids is 1. The minimum Gasteiger partial charge on any atom is -0.488 e. The lowest BCUT2D eigenvalue weighted by Crippen LogP contribution is -2.05. The lowest BCUT2D eigenvalue weighted by atomic mass is 10.3. The van der Waals surface area contributed by atoms with Gasteiger partial charge in [0, 0.05) is 6.07 Å². The number of nitrogens with zero attached hydrogens (tertiary/aromatic N) is 1. The van der Waals surface area contributed by atoms with Crippen LogP contribution in [0.2, 0.25) is 0 Å². The Bertz CT molecular complexity index is 374. The summed E-state index contributed by atoms with van der Waals surface area (Å²) in [6, 6.07) is 1.36. The highest BCUT2D eigenvalue weighted by Crippen LogP contribution is 2.30. The van der Waals surface area contributed by atoms with Crippen molar-refractivity contribution in [1.82, 2.24) is 4.98 Å². The van der Waals surface area contributed by atoms with Crippen LogP contribution in [0.15, 0.2) is 12.3 Å². The number of aromatic nitrogens is 1. The SMILES string of the molecule is Nc1cnc(C(=O)O)cc1OC1CC1. The fourth-order valence-electron chi connectivity index (χ4n) is 1.03. The molecule has 1 aliphatic rings. The van der Waals surface area contributed by atoms with Crippen molar-refractivity contribution < 1.29 is 14.6 Å². The first-order chi connectivity index (χ1) is 6.66. The molecule has 1 heterocycles. The average Bonchev–Trinajstić information content (AvgIpc) is 2.92. The van der Waals surface area contributed by atoms with Crippen LogP contribution in [-0.2, 0) is 0 Å². The van der Waals surface area contributed by atoms with Crippen molar-refractivity contribution >= 4 is 11.7 Å². The van der Waals surface area contributed by atoms with E-state index >= 15 is 0 Å². The fourth-order valence-corrected chi connectivity index (χ4v) is 1.03. The molecular weight excluding hydrogens is 184 g/mol. The summed E-state index contributed by atoms with van der Waals surface area (Å²) >= 11 is 0. The molecule has 0 atom stereocenters. The third-order valence-corrected chi connectivity index (χ3v) is 1.93. The Kier molecular flexibility index (Phi) is 1.99. The smallest absolute Gasteiger partial charge is 0.354 e. The number of nitrogen functional groups attached to an aromatic ring is 1. The van der Waals surface area contributed by atoms with Crippen molar-refractivity contribution in [3.05, 3.63) is 18.0 Å². The van der Waals surface area contributed by atoms with Crippen LogP contribution in [0.1, 0.15) is 23.3 Å². The highest BCUT2D eigenvalue weighted by atomic mass is 16.5.